The standard InChI is InChI=1S/C19H18BrNO3/c1-3-8-24-15-6-4-13(5-7-15)11-21-17-12(2)9-14(20)10-16(17)18(22)19(21)23/h4-7,9-10H,3,8,11H2,1-2H3. The lowest BCUT2D eigenvalue weighted by Crippen LogP contribution is -2.29. The Balaban J connectivity index is 1.86. The van der Waals surface area contributed by atoms with Crippen LogP contribution in [0.4, 0.5) is 5.69 Å². The van der Waals surface area contributed by atoms with Crippen LogP contribution in [0.5, 0.6) is 5.75 Å². The number of rotatable bonds is 5. The monoisotopic (exact) mass is 387 g/mol. The fraction of sp³-hybridized carbons (Fsp3) is 0.263. The second-order valence-corrected chi connectivity index (χ2v) is 6.75. The molecule has 0 bridgehead atoms. The summed E-state index contributed by atoms with van der Waals surface area (Å²) >= 11 is 3.38. The fourth-order valence-corrected chi connectivity index (χ4v) is 3.42. The normalized spacial score (nSPS) is 13.4. The van der Waals surface area contributed by atoms with E-state index in [1.54, 1.807) is 11.0 Å². The third-order valence-corrected chi connectivity index (χ3v) is 4.41. The smallest absolute Gasteiger partial charge is 0.299 e. The summed E-state index contributed by atoms with van der Waals surface area (Å²) < 4.78 is 6.37. The highest BCUT2D eigenvalue weighted by Crippen LogP contribution is 2.36. The molecule has 0 fully saturated rings. The molecule has 1 aliphatic heterocycles. The first-order valence-electron chi connectivity index (χ1n) is 7.89. The van der Waals surface area contributed by atoms with Gasteiger partial charge in [-0.15, -0.1) is 0 Å². The van der Waals surface area contributed by atoms with Crippen molar-refractivity contribution in [1.82, 2.24) is 0 Å². The molecule has 5 heteroatoms. The molecule has 1 amide bonds. The van der Waals surface area contributed by atoms with Crippen molar-refractivity contribution >= 4 is 33.3 Å². The Bertz CT molecular complexity index is 799. The van der Waals surface area contributed by atoms with Crippen molar-refractivity contribution in [2.75, 3.05) is 11.5 Å². The SMILES string of the molecule is CCCOc1ccc(CN2C(=O)C(=O)c3cc(Br)cc(C)c32)cc1. The molecule has 0 atom stereocenters. The molecule has 1 heterocycles. The molecular formula is C19H18BrNO3. The highest BCUT2D eigenvalue weighted by molar-refractivity contribution is 9.10. The number of halogens is 1. The van der Waals surface area contributed by atoms with Crippen LogP contribution in [0, 0.1) is 6.92 Å². The minimum Gasteiger partial charge on any atom is -0.494 e. The third kappa shape index (κ3) is 3.08. The fourth-order valence-electron chi connectivity index (χ4n) is 2.85. The maximum atomic E-state index is 12.4. The van der Waals surface area contributed by atoms with Crippen molar-refractivity contribution in [3.63, 3.8) is 0 Å². The molecule has 24 heavy (non-hydrogen) atoms. The van der Waals surface area contributed by atoms with Gasteiger partial charge in [-0.1, -0.05) is 35.0 Å². The van der Waals surface area contributed by atoms with Crippen molar-refractivity contribution in [3.05, 3.63) is 57.6 Å². The quantitative estimate of drug-likeness (QED) is 0.719. The second kappa shape index (κ2) is 6.77. The number of hydrogen-bond donors (Lipinski definition) is 0. The van der Waals surface area contributed by atoms with E-state index in [1.807, 2.05) is 37.3 Å². The van der Waals surface area contributed by atoms with Gasteiger partial charge in [0.25, 0.3) is 11.7 Å². The van der Waals surface area contributed by atoms with E-state index in [2.05, 4.69) is 22.9 Å². The van der Waals surface area contributed by atoms with Crippen LogP contribution >= 0.6 is 15.9 Å². The lowest BCUT2D eigenvalue weighted by molar-refractivity contribution is -0.114. The lowest BCUT2D eigenvalue weighted by Gasteiger charge is -2.19. The second-order valence-electron chi connectivity index (χ2n) is 5.83. The molecule has 4 nitrogen and oxygen atoms in total. The number of fused-ring (bicyclic) bond motifs is 1. The zero-order chi connectivity index (χ0) is 17.3. The van der Waals surface area contributed by atoms with Gasteiger partial charge in [0.15, 0.2) is 0 Å². The van der Waals surface area contributed by atoms with E-state index in [0.717, 1.165) is 27.8 Å². The van der Waals surface area contributed by atoms with Gasteiger partial charge in [0, 0.05) is 4.47 Å². The van der Waals surface area contributed by atoms with E-state index in [0.29, 0.717) is 24.4 Å². The van der Waals surface area contributed by atoms with Crippen LogP contribution in [-0.2, 0) is 11.3 Å². The van der Waals surface area contributed by atoms with Crippen molar-refractivity contribution in [2.45, 2.75) is 26.8 Å². The molecule has 0 radical (unpaired) electrons. The number of amides is 1. The number of nitrogens with zero attached hydrogens (tertiary/aromatic N) is 1. The first kappa shape index (κ1) is 16.7. The Labute approximate surface area is 149 Å². The van der Waals surface area contributed by atoms with Crippen molar-refractivity contribution < 1.29 is 14.3 Å². The van der Waals surface area contributed by atoms with E-state index in [9.17, 15) is 9.59 Å². The highest BCUT2D eigenvalue weighted by atomic mass is 79.9. The minimum absolute atomic E-state index is 0.369. The van der Waals surface area contributed by atoms with Crippen molar-refractivity contribution in [3.8, 4) is 5.75 Å². The Morgan fingerprint density at radius 3 is 2.50 bits per heavy atom. The van der Waals surface area contributed by atoms with Crippen LogP contribution in [0.2, 0.25) is 0 Å². The van der Waals surface area contributed by atoms with Gasteiger partial charge >= 0.3 is 0 Å². The highest BCUT2D eigenvalue weighted by Gasteiger charge is 2.37. The van der Waals surface area contributed by atoms with Gasteiger partial charge in [-0.05, 0) is 48.7 Å². The van der Waals surface area contributed by atoms with Gasteiger partial charge in [-0.2, -0.15) is 0 Å². The number of anilines is 1. The predicted octanol–water partition coefficient (Wildman–Crippen LogP) is 4.28. The average molecular weight is 388 g/mol. The number of Topliss-reactive ketones (excluding diaryl/α,β-unsaturated/α-hetero) is 1. The van der Waals surface area contributed by atoms with E-state index < -0.39 is 11.7 Å². The van der Waals surface area contributed by atoms with Crippen molar-refractivity contribution in [1.29, 1.82) is 0 Å². The topological polar surface area (TPSA) is 46.6 Å². The van der Waals surface area contributed by atoms with Gasteiger partial charge in [-0.3, -0.25) is 9.59 Å². The summed E-state index contributed by atoms with van der Waals surface area (Å²) in [5.74, 6) is -0.111. The Kier molecular flexibility index (Phi) is 4.71. The largest absolute Gasteiger partial charge is 0.494 e. The number of ketones is 1. The number of hydrogen-bond acceptors (Lipinski definition) is 3. The molecule has 1 aliphatic rings. The lowest BCUT2D eigenvalue weighted by atomic mass is 10.1. The predicted molar refractivity (Wildman–Crippen MR) is 96.6 cm³/mol. The summed E-state index contributed by atoms with van der Waals surface area (Å²) in [6.45, 7) is 5.01. The molecule has 0 aromatic heterocycles. The number of ether oxygens (including phenoxy) is 1. The van der Waals surface area contributed by atoms with Gasteiger partial charge in [0.05, 0.1) is 24.4 Å². The van der Waals surface area contributed by atoms with E-state index in [4.69, 9.17) is 4.74 Å². The van der Waals surface area contributed by atoms with E-state index >= 15 is 0 Å². The van der Waals surface area contributed by atoms with Gasteiger partial charge in [0.2, 0.25) is 0 Å². The van der Waals surface area contributed by atoms with Crippen LogP contribution in [0.15, 0.2) is 40.9 Å². The van der Waals surface area contributed by atoms with Crippen LogP contribution in [0.1, 0.15) is 34.8 Å². The van der Waals surface area contributed by atoms with Crippen LogP contribution in [-0.4, -0.2) is 18.3 Å². The summed E-state index contributed by atoms with van der Waals surface area (Å²) in [4.78, 5) is 26.2. The molecule has 124 valence electrons. The maximum Gasteiger partial charge on any atom is 0.299 e. The van der Waals surface area contributed by atoms with Crippen LogP contribution in [0.3, 0.4) is 0 Å². The van der Waals surface area contributed by atoms with E-state index in [1.165, 1.54) is 0 Å². The Morgan fingerprint density at radius 2 is 1.83 bits per heavy atom. The van der Waals surface area contributed by atoms with Gasteiger partial charge < -0.3 is 9.64 Å². The summed E-state index contributed by atoms with van der Waals surface area (Å²) in [7, 11) is 0. The molecular weight excluding hydrogens is 370 g/mol. The molecule has 2 aromatic rings. The zero-order valence-electron chi connectivity index (χ0n) is 13.6. The summed E-state index contributed by atoms with van der Waals surface area (Å²) in [5, 5.41) is 0. The molecule has 0 saturated carbocycles. The van der Waals surface area contributed by atoms with Crippen LogP contribution in [0.25, 0.3) is 0 Å². The average Bonchev–Trinajstić information content (AvgIpc) is 2.79. The molecule has 0 saturated heterocycles. The molecule has 3 rings (SSSR count). The van der Waals surface area contributed by atoms with Gasteiger partial charge in [-0.25, -0.2) is 0 Å². The van der Waals surface area contributed by atoms with Crippen molar-refractivity contribution in [2.24, 2.45) is 0 Å². The van der Waals surface area contributed by atoms with E-state index in [-0.39, 0.29) is 0 Å². The molecule has 0 unspecified atom stereocenters. The third-order valence-electron chi connectivity index (χ3n) is 3.96. The first-order chi connectivity index (χ1) is 11.5. The number of benzene rings is 2. The molecule has 0 aliphatic carbocycles. The number of carbonyl (C=O) groups excluding carboxylic acids is 2. The Hall–Kier alpha value is -2.14. The number of aryl methyl sites for hydroxylation is 1. The Morgan fingerprint density at radius 1 is 1.12 bits per heavy atom. The zero-order valence-corrected chi connectivity index (χ0v) is 15.2. The molecule has 0 N–H and O–H groups in total. The molecule has 0 spiro atoms. The maximum absolute atomic E-state index is 12.4. The summed E-state index contributed by atoms with van der Waals surface area (Å²) in [6, 6.07) is 11.3. The summed E-state index contributed by atoms with van der Waals surface area (Å²) in [6.07, 6.45) is 0.956. The molecule has 2 aromatic carbocycles. The van der Waals surface area contributed by atoms with Gasteiger partial charge in [0.1, 0.15) is 5.75 Å². The van der Waals surface area contributed by atoms with Crippen LogP contribution < -0.4 is 9.64 Å². The first-order valence-corrected chi connectivity index (χ1v) is 8.68. The number of carbonyl (C=O) groups is 2. The summed E-state index contributed by atoms with van der Waals surface area (Å²) in [5.41, 5.74) is 3.03. The minimum atomic E-state index is -0.475.